The van der Waals surface area contributed by atoms with E-state index in [-0.39, 0.29) is 22.3 Å². The van der Waals surface area contributed by atoms with Crippen LogP contribution in [0.3, 0.4) is 0 Å². The lowest BCUT2D eigenvalue weighted by atomic mass is 9.95. The molecule has 1 heterocycles. The van der Waals surface area contributed by atoms with Crippen molar-refractivity contribution in [1.29, 1.82) is 0 Å². The van der Waals surface area contributed by atoms with Gasteiger partial charge in [0.15, 0.2) is 5.11 Å². The molecule has 0 radical (unpaired) electrons. The van der Waals surface area contributed by atoms with Gasteiger partial charge in [0.25, 0.3) is 11.8 Å². The van der Waals surface area contributed by atoms with E-state index in [0.717, 1.165) is 21.8 Å². The van der Waals surface area contributed by atoms with Crippen LogP contribution in [0.4, 0.5) is 10.1 Å². The van der Waals surface area contributed by atoms with Crippen molar-refractivity contribution < 1.29 is 18.7 Å². The highest BCUT2D eigenvalue weighted by atomic mass is 32.1. The fraction of sp³-hybridized carbons (Fsp3) is 0.227. The van der Waals surface area contributed by atoms with Gasteiger partial charge in [0.05, 0.1) is 12.8 Å². The SMILES string of the molecule is COc1cc(C)c(/C=C2\C(=O)NC(=S)N(c3ccccc3F)C2=O)cc1C(C)C. The molecule has 0 aromatic heterocycles. The molecule has 2 aromatic carbocycles. The van der Waals surface area contributed by atoms with Crippen LogP contribution in [0.2, 0.25) is 0 Å². The number of nitrogens with one attached hydrogen (secondary N) is 1. The first-order valence-corrected chi connectivity index (χ1v) is 9.50. The van der Waals surface area contributed by atoms with Crippen LogP contribution < -0.4 is 15.0 Å². The number of methoxy groups -OCH3 is 1. The van der Waals surface area contributed by atoms with Crippen LogP contribution in [0.15, 0.2) is 42.0 Å². The average molecular weight is 412 g/mol. The topological polar surface area (TPSA) is 58.6 Å². The molecule has 5 nitrogen and oxygen atoms in total. The molecule has 1 N–H and O–H groups in total. The van der Waals surface area contributed by atoms with E-state index in [1.165, 1.54) is 24.3 Å². The van der Waals surface area contributed by atoms with Crippen molar-refractivity contribution in [2.24, 2.45) is 0 Å². The molecule has 0 atom stereocenters. The summed E-state index contributed by atoms with van der Waals surface area (Å²) >= 11 is 5.12. The van der Waals surface area contributed by atoms with Crippen molar-refractivity contribution in [3.8, 4) is 5.75 Å². The van der Waals surface area contributed by atoms with Crippen molar-refractivity contribution in [2.45, 2.75) is 26.7 Å². The molecule has 1 aliphatic rings. The maximum atomic E-state index is 14.3. The number of carbonyl (C=O) groups excluding carboxylic acids is 2. The quantitative estimate of drug-likeness (QED) is 0.467. The van der Waals surface area contributed by atoms with Gasteiger partial charge in [-0.25, -0.2) is 9.29 Å². The van der Waals surface area contributed by atoms with Crippen LogP contribution in [0.5, 0.6) is 5.75 Å². The maximum Gasteiger partial charge on any atom is 0.270 e. The van der Waals surface area contributed by atoms with Gasteiger partial charge >= 0.3 is 0 Å². The maximum absolute atomic E-state index is 14.3. The third-order valence-corrected chi connectivity index (χ3v) is 5.02. The molecule has 29 heavy (non-hydrogen) atoms. The number of rotatable bonds is 4. The number of thiocarbonyl (C=S) groups is 1. The highest BCUT2D eigenvalue weighted by Crippen LogP contribution is 2.31. The Hall–Kier alpha value is -3.06. The van der Waals surface area contributed by atoms with Gasteiger partial charge in [0.1, 0.15) is 17.1 Å². The number of nitrogens with zero attached hydrogens (tertiary/aromatic N) is 1. The molecule has 1 aliphatic heterocycles. The summed E-state index contributed by atoms with van der Waals surface area (Å²) in [7, 11) is 1.60. The predicted molar refractivity (Wildman–Crippen MR) is 114 cm³/mol. The monoisotopic (exact) mass is 412 g/mol. The number of ether oxygens (including phenoxy) is 1. The van der Waals surface area contributed by atoms with E-state index in [2.05, 4.69) is 5.32 Å². The Kier molecular flexibility index (Phi) is 5.79. The number of benzene rings is 2. The Morgan fingerprint density at radius 2 is 1.90 bits per heavy atom. The molecule has 3 rings (SSSR count). The largest absolute Gasteiger partial charge is 0.496 e. The van der Waals surface area contributed by atoms with Crippen molar-refractivity contribution in [2.75, 3.05) is 12.0 Å². The number of anilines is 1. The first-order chi connectivity index (χ1) is 13.7. The number of hydrogen-bond acceptors (Lipinski definition) is 4. The smallest absolute Gasteiger partial charge is 0.270 e. The molecule has 150 valence electrons. The molecule has 0 aliphatic carbocycles. The summed E-state index contributed by atoms with van der Waals surface area (Å²) in [6, 6.07) is 9.53. The first kappa shape index (κ1) is 20.7. The number of aryl methyl sites for hydroxylation is 1. The summed E-state index contributed by atoms with van der Waals surface area (Å²) in [5, 5.41) is 2.32. The minimum Gasteiger partial charge on any atom is -0.496 e. The molecule has 7 heteroatoms. The predicted octanol–water partition coefficient (Wildman–Crippen LogP) is 4.10. The van der Waals surface area contributed by atoms with Crippen LogP contribution in [-0.4, -0.2) is 24.0 Å². The zero-order valence-corrected chi connectivity index (χ0v) is 17.4. The lowest BCUT2D eigenvalue weighted by molar-refractivity contribution is -0.122. The summed E-state index contributed by atoms with van der Waals surface area (Å²) in [5.74, 6) is -0.977. The van der Waals surface area contributed by atoms with Gasteiger partial charge in [-0.2, -0.15) is 0 Å². The Morgan fingerprint density at radius 1 is 1.21 bits per heavy atom. The third kappa shape index (κ3) is 3.91. The van der Waals surface area contributed by atoms with Crippen LogP contribution in [-0.2, 0) is 9.59 Å². The van der Waals surface area contributed by atoms with E-state index in [1.807, 2.05) is 32.9 Å². The van der Waals surface area contributed by atoms with Gasteiger partial charge in [0.2, 0.25) is 0 Å². The first-order valence-electron chi connectivity index (χ1n) is 9.09. The van der Waals surface area contributed by atoms with Crippen LogP contribution in [0.25, 0.3) is 6.08 Å². The summed E-state index contributed by atoms with van der Waals surface area (Å²) < 4.78 is 19.7. The van der Waals surface area contributed by atoms with Crippen LogP contribution in [0, 0.1) is 12.7 Å². The molecule has 2 amide bonds. The second-order valence-electron chi connectivity index (χ2n) is 7.01. The van der Waals surface area contributed by atoms with Crippen LogP contribution >= 0.6 is 12.2 Å². The summed E-state index contributed by atoms with van der Waals surface area (Å²) in [5.41, 5.74) is 2.36. The van der Waals surface area contributed by atoms with E-state index >= 15 is 0 Å². The fourth-order valence-electron chi connectivity index (χ4n) is 3.16. The second-order valence-corrected chi connectivity index (χ2v) is 7.40. The second kappa shape index (κ2) is 8.13. The number of halogens is 1. The molecule has 0 saturated carbocycles. The molecule has 1 fully saturated rings. The zero-order valence-electron chi connectivity index (χ0n) is 16.6. The van der Waals surface area contributed by atoms with E-state index in [1.54, 1.807) is 13.2 Å². The highest BCUT2D eigenvalue weighted by Gasteiger charge is 2.35. The van der Waals surface area contributed by atoms with Crippen molar-refractivity contribution in [3.63, 3.8) is 0 Å². The van der Waals surface area contributed by atoms with Crippen LogP contribution in [0.1, 0.15) is 36.5 Å². The minimum absolute atomic E-state index is 0.0114. The van der Waals surface area contributed by atoms with Gasteiger partial charge in [0, 0.05) is 0 Å². The van der Waals surface area contributed by atoms with Crippen molar-refractivity contribution in [3.05, 3.63) is 64.5 Å². The minimum atomic E-state index is -0.676. The highest BCUT2D eigenvalue weighted by molar-refractivity contribution is 7.80. The third-order valence-electron chi connectivity index (χ3n) is 4.74. The lowest BCUT2D eigenvalue weighted by Crippen LogP contribution is -2.54. The molecule has 2 aromatic rings. The van der Waals surface area contributed by atoms with Gasteiger partial charge in [-0.3, -0.25) is 14.9 Å². The Balaban J connectivity index is 2.10. The standard InChI is InChI=1S/C22H21FN2O3S/c1-12(2)15-10-14(13(3)9-19(15)28-4)11-16-20(26)24-22(29)25(21(16)27)18-8-6-5-7-17(18)23/h5-12H,1-4H3,(H,24,26,29)/b16-11+. The summed E-state index contributed by atoms with van der Waals surface area (Å²) in [6.07, 6.45) is 1.51. The normalized spacial score (nSPS) is 15.9. The van der Waals surface area contributed by atoms with Crippen molar-refractivity contribution in [1.82, 2.24) is 5.32 Å². The van der Waals surface area contributed by atoms with Gasteiger partial charge < -0.3 is 4.74 Å². The summed E-state index contributed by atoms with van der Waals surface area (Å²) in [6.45, 7) is 5.92. The molecule has 0 unspecified atom stereocenters. The Bertz CT molecular complexity index is 1050. The Labute approximate surface area is 174 Å². The molecule has 1 saturated heterocycles. The van der Waals surface area contributed by atoms with E-state index < -0.39 is 17.6 Å². The number of amides is 2. The average Bonchev–Trinajstić information content (AvgIpc) is 2.66. The molecule has 0 spiro atoms. The van der Waals surface area contributed by atoms with Crippen molar-refractivity contribution >= 4 is 40.9 Å². The van der Waals surface area contributed by atoms with E-state index in [0.29, 0.717) is 5.56 Å². The number of carbonyl (C=O) groups is 2. The summed E-state index contributed by atoms with van der Waals surface area (Å²) in [4.78, 5) is 26.6. The zero-order chi connectivity index (χ0) is 21.3. The molecule has 0 bridgehead atoms. The molecular weight excluding hydrogens is 391 g/mol. The van der Waals surface area contributed by atoms with E-state index in [9.17, 15) is 14.0 Å². The molecular formula is C22H21FN2O3S. The Morgan fingerprint density at radius 3 is 2.52 bits per heavy atom. The number of hydrogen-bond donors (Lipinski definition) is 1. The van der Waals surface area contributed by atoms with Gasteiger partial charge in [-0.05, 0) is 72.1 Å². The van der Waals surface area contributed by atoms with Gasteiger partial charge in [-0.1, -0.05) is 26.0 Å². The van der Waals surface area contributed by atoms with E-state index in [4.69, 9.17) is 17.0 Å². The number of para-hydroxylation sites is 1. The van der Waals surface area contributed by atoms with Gasteiger partial charge in [-0.15, -0.1) is 0 Å². The lowest BCUT2D eigenvalue weighted by Gasteiger charge is -2.29. The fourth-order valence-corrected chi connectivity index (χ4v) is 3.44.